The van der Waals surface area contributed by atoms with Gasteiger partial charge in [-0.3, -0.25) is 0 Å². The van der Waals surface area contributed by atoms with Crippen molar-refractivity contribution in [2.45, 2.75) is 43.1 Å². The average Bonchev–Trinajstić information content (AvgIpc) is 3.17. The summed E-state index contributed by atoms with van der Waals surface area (Å²) in [5, 5.41) is 12.3. The minimum Gasteiger partial charge on any atom is -0.334 e. The van der Waals surface area contributed by atoms with Gasteiger partial charge in [0, 0.05) is 23.6 Å². The lowest BCUT2D eigenvalue weighted by Gasteiger charge is -2.06. The van der Waals surface area contributed by atoms with Crippen molar-refractivity contribution in [2.24, 2.45) is 0 Å². The molecule has 0 spiro atoms. The van der Waals surface area contributed by atoms with E-state index in [0.717, 1.165) is 31.5 Å². The summed E-state index contributed by atoms with van der Waals surface area (Å²) >= 11 is 5.86. The first-order valence-electron chi connectivity index (χ1n) is 8.26. The second kappa shape index (κ2) is 6.81. The van der Waals surface area contributed by atoms with Gasteiger partial charge in [0.25, 0.3) is 5.89 Å². The van der Waals surface area contributed by atoms with E-state index in [4.69, 9.17) is 16.1 Å². The molecule has 4 rings (SSSR count). The second-order valence-corrected chi connectivity index (χ2v) is 8.46. The van der Waals surface area contributed by atoms with Crippen LogP contribution in [-0.4, -0.2) is 33.3 Å². The molecule has 3 aromatic rings. The second-order valence-electron chi connectivity index (χ2n) is 6.14. The van der Waals surface area contributed by atoms with Gasteiger partial charge in [-0.15, -0.1) is 10.2 Å². The van der Waals surface area contributed by atoms with E-state index in [1.165, 1.54) is 0 Å². The molecule has 1 aliphatic rings. The van der Waals surface area contributed by atoms with Crippen molar-refractivity contribution in [1.82, 2.24) is 24.9 Å². The van der Waals surface area contributed by atoms with Gasteiger partial charge in [-0.2, -0.15) is 4.98 Å². The molecule has 0 N–H and O–H groups in total. The van der Waals surface area contributed by atoms with Crippen LogP contribution in [0.4, 0.5) is 0 Å². The fourth-order valence-electron chi connectivity index (χ4n) is 2.95. The Morgan fingerprint density at radius 1 is 1.12 bits per heavy atom. The predicted octanol–water partition coefficient (Wildman–Crippen LogP) is 2.68. The van der Waals surface area contributed by atoms with Crippen molar-refractivity contribution in [3.05, 3.63) is 40.9 Å². The van der Waals surface area contributed by atoms with Crippen molar-refractivity contribution in [3.63, 3.8) is 0 Å². The molecule has 0 aliphatic carbocycles. The molecule has 26 heavy (non-hydrogen) atoms. The Hall–Kier alpha value is -2.26. The SMILES string of the molecule is O=S(=O)(Cc1noc(-c2ccc(Cl)cc2)n1)c1nnc2n1CCCCC2. The first kappa shape index (κ1) is 17.2. The number of fused-ring (bicyclic) bond motifs is 1. The van der Waals surface area contributed by atoms with E-state index < -0.39 is 9.84 Å². The predicted molar refractivity (Wildman–Crippen MR) is 93.2 cm³/mol. The number of benzene rings is 1. The van der Waals surface area contributed by atoms with Crippen LogP contribution in [0.25, 0.3) is 11.5 Å². The van der Waals surface area contributed by atoms with Crippen LogP contribution < -0.4 is 0 Å². The zero-order valence-corrected chi connectivity index (χ0v) is 15.4. The maximum absolute atomic E-state index is 12.8. The van der Waals surface area contributed by atoms with Crippen LogP contribution >= 0.6 is 11.6 Å². The van der Waals surface area contributed by atoms with Gasteiger partial charge in [-0.25, -0.2) is 8.42 Å². The fourth-order valence-corrected chi connectivity index (χ4v) is 4.36. The van der Waals surface area contributed by atoms with Gasteiger partial charge in [0.2, 0.25) is 15.0 Å². The highest BCUT2D eigenvalue weighted by atomic mass is 35.5. The molecule has 136 valence electrons. The number of sulfone groups is 1. The van der Waals surface area contributed by atoms with E-state index in [1.807, 2.05) is 0 Å². The monoisotopic (exact) mass is 393 g/mol. The highest BCUT2D eigenvalue weighted by molar-refractivity contribution is 7.90. The normalized spacial score (nSPS) is 14.8. The lowest BCUT2D eigenvalue weighted by Crippen LogP contribution is -2.14. The molecule has 0 amide bonds. The highest BCUT2D eigenvalue weighted by Crippen LogP contribution is 2.22. The first-order chi connectivity index (χ1) is 12.5. The maximum atomic E-state index is 12.8. The number of hydrogen-bond donors (Lipinski definition) is 0. The third-order valence-electron chi connectivity index (χ3n) is 4.23. The minimum atomic E-state index is -3.72. The minimum absolute atomic E-state index is 0.0211. The van der Waals surface area contributed by atoms with Crippen molar-refractivity contribution >= 4 is 21.4 Å². The molecule has 0 bridgehead atoms. The fraction of sp³-hybridized carbons (Fsp3) is 0.375. The van der Waals surface area contributed by atoms with Crippen LogP contribution in [0.1, 0.15) is 30.9 Å². The molecule has 8 nitrogen and oxygen atoms in total. The summed E-state index contributed by atoms with van der Waals surface area (Å²) in [7, 11) is -3.72. The number of halogens is 1. The number of nitrogens with zero attached hydrogens (tertiary/aromatic N) is 5. The summed E-state index contributed by atoms with van der Waals surface area (Å²) in [5.41, 5.74) is 0.668. The smallest absolute Gasteiger partial charge is 0.257 e. The quantitative estimate of drug-likeness (QED) is 0.671. The zero-order valence-electron chi connectivity index (χ0n) is 13.8. The molecular formula is C16H16ClN5O3S. The topological polar surface area (TPSA) is 104 Å². The summed E-state index contributed by atoms with van der Waals surface area (Å²) < 4.78 is 32.4. The van der Waals surface area contributed by atoms with Gasteiger partial charge >= 0.3 is 0 Å². The van der Waals surface area contributed by atoms with Gasteiger partial charge in [-0.1, -0.05) is 23.2 Å². The third kappa shape index (κ3) is 3.36. The molecule has 0 atom stereocenters. The summed E-state index contributed by atoms with van der Waals surface area (Å²) in [6.07, 6.45) is 3.70. The average molecular weight is 394 g/mol. The summed E-state index contributed by atoms with van der Waals surface area (Å²) in [6.45, 7) is 0.610. The van der Waals surface area contributed by atoms with Crippen LogP contribution in [-0.2, 0) is 28.6 Å². The van der Waals surface area contributed by atoms with E-state index in [0.29, 0.717) is 17.1 Å². The summed E-state index contributed by atoms with van der Waals surface area (Å²) in [6, 6.07) is 6.85. The Bertz CT molecular complexity index is 1030. The zero-order chi connectivity index (χ0) is 18.1. The number of aryl methyl sites for hydroxylation is 1. The lowest BCUT2D eigenvalue weighted by molar-refractivity contribution is 0.424. The maximum Gasteiger partial charge on any atom is 0.257 e. The van der Waals surface area contributed by atoms with Gasteiger partial charge in [0.15, 0.2) is 5.82 Å². The Balaban J connectivity index is 1.59. The molecule has 10 heteroatoms. The standard InChI is InChI=1S/C16H16ClN5O3S/c17-12-7-5-11(6-8-12)15-18-13(21-25-15)10-26(23,24)16-20-19-14-4-2-1-3-9-22(14)16/h5-8H,1-4,9-10H2. The summed E-state index contributed by atoms with van der Waals surface area (Å²) in [4.78, 5) is 4.18. The first-order valence-corrected chi connectivity index (χ1v) is 10.3. The van der Waals surface area contributed by atoms with Crippen molar-refractivity contribution < 1.29 is 12.9 Å². The Kier molecular flexibility index (Phi) is 4.49. The molecule has 0 fully saturated rings. The molecule has 1 aliphatic heterocycles. The molecular weight excluding hydrogens is 378 g/mol. The molecule has 0 saturated carbocycles. The molecule has 0 radical (unpaired) electrons. The van der Waals surface area contributed by atoms with Crippen LogP contribution in [0.3, 0.4) is 0 Å². The van der Waals surface area contributed by atoms with Crippen molar-refractivity contribution in [1.29, 1.82) is 0 Å². The van der Waals surface area contributed by atoms with Gasteiger partial charge < -0.3 is 9.09 Å². The van der Waals surface area contributed by atoms with Gasteiger partial charge in [0.1, 0.15) is 11.6 Å². The largest absolute Gasteiger partial charge is 0.334 e. The Morgan fingerprint density at radius 2 is 1.92 bits per heavy atom. The number of rotatable bonds is 4. The molecule has 1 aromatic carbocycles. The van der Waals surface area contributed by atoms with Gasteiger partial charge in [0.05, 0.1) is 0 Å². The van der Waals surface area contributed by atoms with E-state index >= 15 is 0 Å². The van der Waals surface area contributed by atoms with Crippen LogP contribution in [0, 0.1) is 0 Å². The van der Waals surface area contributed by atoms with E-state index in [2.05, 4.69) is 20.3 Å². The van der Waals surface area contributed by atoms with Crippen molar-refractivity contribution in [2.75, 3.05) is 0 Å². The molecule has 3 heterocycles. The van der Waals surface area contributed by atoms with E-state index in [9.17, 15) is 8.42 Å². The van der Waals surface area contributed by atoms with Gasteiger partial charge in [-0.05, 0) is 37.1 Å². The van der Waals surface area contributed by atoms with Crippen LogP contribution in [0.5, 0.6) is 0 Å². The van der Waals surface area contributed by atoms with Crippen LogP contribution in [0.15, 0.2) is 33.9 Å². The Labute approximate surface area is 155 Å². The van der Waals surface area contributed by atoms with Crippen molar-refractivity contribution in [3.8, 4) is 11.5 Å². The Morgan fingerprint density at radius 3 is 2.73 bits per heavy atom. The van der Waals surface area contributed by atoms with Crippen LogP contribution in [0.2, 0.25) is 5.02 Å². The third-order valence-corrected chi connectivity index (χ3v) is 5.98. The molecule has 2 aromatic heterocycles. The summed E-state index contributed by atoms with van der Waals surface area (Å²) in [5.74, 6) is 0.659. The number of aromatic nitrogens is 5. The van der Waals surface area contributed by atoms with E-state index in [1.54, 1.807) is 28.8 Å². The number of hydrogen-bond acceptors (Lipinski definition) is 7. The van der Waals surface area contributed by atoms with E-state index in [-0.39, 0.29) is 22.6 Å². The molecule has 0 unspecified atom stereocenters. The molecule has 0 saturated heterocycles. The lowest BCUT2D eigenvalue weighted by atomic mass is 10.2. The highest BCUT2D eigenvalue weighted by Gasteiger charge is 2.28.